The maximum Gasteiger partial charge on any atom is 0.251 e. The van der Waals surface area contributed by atoms with E-state index in [0.29, 0.717) is 17.4 Å². The summed E-state index contributed by atoms with van der Waals surface area (Å²) < 4.78 is 1.02. The zero-order chi connectivity index (χ0) is 13.8. The molecule has 0 amide bonds. The smallest absolute Gasteiger partial charge is 0.251 e. The second-order valence-corrected chi connectivity index (χ2v) is 6.03. The minimum absolute atomic E-state index is 0.132. The Morgan fingerprint density at radius 2 is 2.21 bits per heavy atom. The number of H-pyrrole nitrogens is 1. The van der Waals surface area contributed by atoms with Gasteiger partial charge in [0.15, 0.2) is 5.16 Å². The Hall–Kier alpha value is -1.11. The van der Waals surface area contributed by atoms with E-state index in [0.717, 1.165) is 21.4 Å². The van der Waals surface area contributed by atoms with Crippen molar-refractivity contribution in [3.05, 3.63) is 50.3 Å². The van der Waals surface area contributed by atoms with E-state index in [1.165, 1.54) is 17.8 Å². The largest absolute Gasteiger partial charge is 0.330 e. The van der Waals surface area contributed by atoms with E-state index in [1.54, 1.807) is 0 Å². The van der Waals surface area contributed by atoms with Gasteiger partial charge in [0.2, 0.25) is 0 Å². The molecule has 0 saturated carbocycles. The Morgan fingerprint density at radius 1 is 1.42 bits per heavy atom. The lowest BCUT2D eigenvalue weighted by Gasteiger charge is -2.08. The van der Waals surface area contributed by atoms with Crippen molar-refractivity contribution in [2.75, 3.05) is 6.54 Å². The summed E-state index contributed by atoms with van der Waals surface area (Å²) in [6.45, 7) is 2.39. The Kier molecular flexibility index (Phi) is 4.79. The fraction of sp³-hybridized carbons (Fsp3) is 0.231. The minimum atomic E-state index is -0.132. The number of nitrogens with zero attached hydrogens (tertiary/aromatic N) is 1. The number of hydrogen-bond donors (Lipinski definition) is 2. The summed E-state index contributed by atoms with van der Waals surface area (Å²) in [7, 11) is 0. The molecule has 6 heteroatoms. The zero-order valence-corrected chi connectivity index (χ0v) is 12.8. The maximum atomic E-state index is 11.4. The van der Waals surface area contributed by atoms with Gasteiger partial charge in [-0.25, -0.2) is 4.98 Å². The molecule has 3 N–H and O–H groups in total. The molecule has 0 saturated heterocycles. The molecule has 2 aromatic rings. The van der Waals surface area contributed by atoms with Gasteiger partial charge in [-0.1, -0.05) is 27.7 Å². The summed E-state index contributed by atoms with van der Waals surface area (Å²) in [5, 5.41) is 0.602. The van der Waals surface area contributed by atoms with Gasteiger partial charge in [0, 0.05) is 21.1 Å². The monoisotopic (exact) mass is 339 g/mol. The lowest BCUT2D eigenvalue weighted by molar-refractivity contribution is 0.899. The highest BCUT2D eigenvalue weighted by Gasteiger charge is 2.07. The van der Waals surface area contributed by atoms with E-state index in [1.807, 2.05) is 25.1 Å². The molecule has 100 valence electrons. The summed E-state index contributed by atoms with van der Waals surface area (Å²) in [6.07, 6.45) is 0.790. The van der Waals surface area contributed by atoms with Crippen molar-refractivity contribution in [3.8, 4) is 0 Å². The minimum Gasteiger partial charge on any atom is -0.330 e. The summed E-state index contributed by atoms with van der Waals surface area (Å²) in [5.74, 6) is 0. The van der Waals surface area contributed by atoms with Crippen LogP contribution in [0.25, 0.3) is 0 Å². The van der Waals surface area contributed by atoms with Crippen molar-refractivity contribution >= 4 is 27.7 Å². The third kappa shape index (κ3) is 3.92. The highest BCUT2D eigenvalue weighted by atomic mass is 79.9. The van der Waals surface area contributed by atoms with Crippen LogP contribution in [0, 0.1) is 6.92 Å². The summed E-state index contributed by atoms with van der Waals surface area (Å²) in [5.41, 5.74) is 7.35. The normalized spacial score (nSPS) is 10.7. The number of halogens is 1. The fourth-order valence-corrected chi connectivity index (χ4v) is 3.09. The molecule has 0 fully saturated rings. The van der Waals surface area contributed by atoms with E-state index >= 15 is 0 Å². The van der Waals surface area contributed by atoms with Crippen molar-refractivity contribution in [3.63, 3.8) is 0 Å². The van der Waals surface area contributed by atoms with Crippen molar-refractivity contribution in [1.29, 1.82) is 0 Å². The first kappa shape index (κ1) is 14.3. The van der Waals surface area contributed by atoms with Gasteiger partial charge >= 0.3 is 0 Å². The average Bonchev–Trinajstić information content (AvgIpc) is 2.32. The molecule has 1 heterocycles. The van der Waals surface area contributed by atoms with E-state index in [9.17, 15) is 4.79 Å². The Bertz CT molecular complexity index is 642. The molecular formula is C13H14BrN3OS. The summed E-state index contributed by atoms with van der Waals surface area (Å²) in [6, 6.07) is 7.49. The first-order chi connectivity index (χ1) is 9.08. The molecule has 2 rings (SSSR count). The topological polar surface area (TPSA) is 71.8 Å². The standard InChI is InChI=1S/C13H14BrN3OS/c1-8-6-12(18)17-13(16-8)19-11-3-2-10(14)7-9(11)4-5-15/h2-3,6-7H,4-5,15H2,1H3,(H,16,17,18). The van der Waals surface area contributed by atoms with Crippen LogP contribution in [0.1, 0.15) is 11.3 Å². The Balaban J connectivity index is 2.34. The molecular weight excluding hydrogens is 326 g/mol. The number of nitrogens with two attached hydrogens (primary N) is 1. The molecule has 1 aromatic carbocycles. The highest BCUT2D eigenvalue weighted by molar-refractivity contribution is 9.10. The van der Waals surface area contributed by atoms with Gasteiger partial charge < -0.3 is 10.7 Å². The van der Waals surface area contributed by atoms with Crippen LogP contribution in [0.5, 0.6) is 0 Å². The van der Waals surface area contributed by atoms with Gasteiger partial charge in [0.1, 0.15) is 0 Å². The van der Waals surface area contributed by atoms with Gasteiger partial charge in [-0.15, -0.1) is 0 Å². The van der Waals surface area contributed by atoms with E-state index < -0.39 is 0 Å². The van der Waals surface area contributed by atoms with Crippen LogP contribution < -0.4 is 11.3 Å². The van der Waals surface area contributed by atoms with Crippen molar-refractivity contribution in [1.82, 2.24) is 9.97 Å². The van der Waals surface area contributed by atoms with Crippen molar-refractivity contribution in [2.45, 2.75) is 23.4 Å². The molecule has 19 heavy (non-hydrogen) atoms. The molecule has 0 aliphatic carbocycles. The molecule has 4 nitrogen and oxygen atoms in total. The number of aromatic amines is 1. The average molecular weight is 340 g/mol. The zero-order valence-electron chi connectivity index (χ0n) is 10.4. The van der Waals surface area contributed by atoms with E-state index in [2.05, 4.69) is 25.9 Å². The number of nitrogens with one attached hydrogen (secondary N) is 1. The second kappa shape index (κ2) is 6.36. The number of rotatable bonds is 4. The molecule has 0 bridgehead atoms. The van der Waals surface area contributed by atoms with Crippen LogP contribution in [0.2, 0.25) is 0 Å². The fourth-order valence-electron chi connectivity index (χ4n) is 1.70. The van der Waals surface area contributed by atoms with E-state index in [-0.39, 0.29) is 5.56 Å². The molecule has 0 radical (unpaired) electrons. The Labute approximate surface area is 124 Å². The van der Waals surface area contributed by atoms with Crippen LogP contribution in [-0.2, 0) is 6.42 Å². The third-order valence-electron chi connectivity index (χ3n) is 2.49. The lowest BCUT2D eigenvalue weighted by Crippen LogP contribution is -2.08. The van der Waals surface area contributed by atoms with E-state index in [4.69, 9.17) is 5.73 Å². The highest BCUT2D eigenvalue weighted by Crippen LogP contribution is 2.29. The van der Waals surface area contributed by atoms with Crippen LogP contribution in [-0.4, -0.2) is 16.5 Å². The molecule has 1 aromatic heterocycles. The predicted octanol–water partition coefficient (Wildman–Crippen LogP) is 2.49. The number of aryl methyl sites for hydroxylation is 1. The van der Waals surface area contributed by atoms with Gasteiger partial charge in [-0.05, 0) is 43.7 Å². The first-order valence-corrected chi connectivity index (χ1v) is 7.44. The van der Waals surface area contributed by atoms with Crippen LogP contribution >= 0.6 is 27.7 Å². The third-order valence-corrected chi connectivity index (χ3v) is 3.99. The lowest BCUT2D eigenvalue weighted by atomic mass is 10.1. The summed E-state index contributed by atoms with van der Waals surface area (Å²) in [4.78, 5) is 19.5. The van der Waals surface area contributed by atoms with Crippen molar-refractivity contribution < 1.29 is 0 Å². The molecule has 0 unspecified atom stereocenters. The Morgan fingerprint density at radius 3 is 2.89 bits per heavy atom. The van der Waals surface area contributed by atoms with Gasteiger partial charge in [0.05, 0.1) is 0 Å². The molecule has 0 atom stereocenters. The second-order valence-electron chi connectivity index (χ2n) is 4.08. The number of hydrogen-bond acceptors (Lipinski definition) is 4. The summed E-state index contributed by atoms with van der Waals surface area (Å²) >= 11 is 4.90. The van der Waals surface area contributed by atoms with Crippen LogP contribution in [0.4, 0.5) is 0 Å². The quantitative estimate of drug-likeness (QED) is 0.839. The maximum absolute atomic E-state index is 11.4. The number of benzene rings is 1. The first-order valence-electron chi connectivity index (χ1n) is 5.83. The number of aromatic nitrogens is 2. The predicted molar refractivity (Wildman–Crippen MR) is 80.6 cm³/mol. The molecule has 0 spiro atoms. The molecule has 0 aliphatic rings. The molecule has 0 aliphatic heterocycles. The van der Waals surface area contributed by atoms with Crippen LogP contribution in [0.15, 0.2) is 43.6 Å². The van der Waals surface area contributed by atoms with Crippen LogP contribution in [0.3, 0.4) is 0 Å². The van der Waals surface area contributed by atoms with Gasteiger partial charge in [-0.2, -0.15) is 0 Å². The SMILES string of the molecule is Cc1cc(=O)[nH]c(Sc2ccc(Br)cc2CCN)n1. The van der Waals surface area contributed by atoms with Crippen molar-refractivity contribution in [2.24, 2.45) is 5.73 Å². The van der Waals surface area contributed by atoms with Gasteiger partial charge in [0.25, 0.3) is 5.56 Å². The van der Waals surface area contributed by atoms with Gasteiger partial charge in [-0.3, -0.25) is 4.79 Å².